The highest BCUT2D eigenvalue weighted by molar-refractivity contribution is 5.26. The molecule has 1 nitrogen and oxygen atoms in total. The number of allylic oxidation sites excluding steroid dienone is 5. The first-order valence-corrected chi connectivity index (χ1v) is 4.74. The van der Waals surface area contributed by atoms with E-state index < -0.39 is 5.92 Å². The van der Waals surface area contributed by atoms with Crippen LogP contribution in [0.25, 0.3) is 0 Å². The first kappa shape index (κ1) is 13.6. The zero-order valence-corrected chi connectivity index (χ0v) is 8.97. The summed E-state index contributed by atoms with van der Waals surface area (Å²) in [4.78, 5) is 0. The monoisotopic (exact) mass is 213 g/mol. The van der Waals surface area contributed by atoms with Crippen LogP contribution < -0.4 is 5.73 Å². The van der Waals surface area contributed by atoms with Crippen LogP contribution in [0.1, 0.15) is 19.8 Å². The van der Waals surface area contributed by atoms with Gasteiger partial charge in [0.2, 0.25) is 0 Å². The summed E-state index contributed by atoms with van der Waals surface area (Å²) >= 11 is 0. The normalized spacial score (nSPS) is 13.1. The van der Waals surface area contributed by atoms with E-state index in [-0.39, 0.29) is 12.0 Å². The van der Waals surface area contributed by atoms with Gasteiger partial charge in [0.05, 0.1) is 0 Å². The van der Waals surface area contributed by atoms with Gasteiger partial charge in [-0.1, -0.05) is 31.7 Å². The highest BCUT2D eigenvalue weighted by atomic mass is 19.3. The molecule has 3 heteroatoms. The van der Waals surface area contributed by atoms with E-state index in [2.05, 4.69) is 13.2 Å². The van der Waals surface area contributed by atoms with Gasteiger partial charge in [-0.25, -0.2) is 8.78 Å². The number of halogens is 2. The fourth-order valence-corrected chi connectivity index (χ4v) is 0.872. The van der Waals surface area contributed by atoms with Crippen LogP contribution in [-0.4, -0.2) is 5.92 Å². The topological polar surface area (TPSA) is 26.0 Å². The standard InChI is InChI=1S/C12H17F2N/c1-4-7-11(15)9-6-8-10(3)12(13,14)5-2/h4,6,8-9H,1,3,5,7,15H2,2H3/b8-6-,11-9+. The van der Waals surface area contributed by atoms with Crippen molar-refractivity contribution in [1.29, 1.82) is 0 Å². The molecule has 0 amide bonds. The fraction of sp³-hybridized carbons (Fsp3) is 0.333. The van der Waals surface area contributed by atoms with Crippen molar-refractivity contribution in [3.8, 4) is 0 Å². The van der Waals surface area contributed by atoms with Gasteiger partial charge >= 0.3 is 0 Å². The lowest BCUT2D eigenvalue weighted by Gasteiger charge is -2.13. The van der Waals surface area contributed by atoms with Crippen molar-refractivity contribution in [3.63, 3.8) is 0 Å². The molecule has 0 aliphatic heterocycles. The third-order valence-corrected chi connectivity index (χ3v) is 1.90. The Bertz CT molecular complexity index is 288. The SMILES string of the molecule is C=CC/C(N)=C\C=C/C(=C)C(F)(F)CC. The maximum Gasteiger partial charge on any atom is 0.272 e. The summed E-state index contributed by atoms with van der Waals surface area (Å²) in [5.41, 5.74) is 5.91. The van der Waals surface area contributed by atoms with Crippen LogP contribution in [0.5, 0.6) is 0 Å². The van der Waals surface area contributed by atoms with Crippen molar-refractivity contribution in [1.82, 2.24) is 0 Å². The van der Waals surface area contributed by atoms with Crippen LogP contribution in [0.2, 0.25) is 0 Å². The summed E-state index contributed by atoms with van der Waals surface area (Å²) in [7, 11) is 0. The molecule has 0 aliphatic rings. The largest absolute Gasteiger partial charge is 0.402 e. The molecule has 0 unspecified atom stereocenters. The summed E-state index contributed by atoms with van der Waals surface area (Å²) in [6.45, 7) is 8.24. The maximum absolute atomic E-state index is 13.0. The summed E-state index contributed by atoms with van der Waals surface area (Å²) in [6, 6.07) is 0. The first-order valence-electron chi connectivity index (χ1n) is 4.74. The predicted octanol–water partition coefficient (Wildman–Crippen LogP) is 3.56. The van der Waals surface area contributed by atoms with E-state index in [0.717, 1.165) is 0 Å². The van der Waals surface area contributed by atoms with E-state index in [0.29, 0.717) is 12.1 Å². The summed E-state index contributed by atoms with van der Waals surface area (Å²) in [5, 5.41) is 0. The molecule has 0 aromatic heterocycles. The molecule has 2 N–H and O–H groups in total. The van der Waals surface area contributed by atoms with E-state index >= 15 is 0 Å². The lowest BCUT2D eigenvalue weighted by Crippen LogP contribution is -2.15. The predicted molar refractivity (Wildman–Crippen MR) is 60.6 cm³/mol. The Morgan fingerprint density at radius 1 is 1.47 bits per heavy atom. The quantitative estimate of drug-likeness (QED) is 0.530. The number of alkyl halides is 2. The molecule has 0 rings (SSSR count). The zero-order chi connectivity index (χ0) is 11.9. The second-order valence-corrected chi connectivity index (χ2v) is 3.18. The van der Waals surface area contributed by atoms with E-state index in [1.165, 1.54) is 19.1 Å². The highest BCUT2D eigenvalue weighted by Crippen LogP contribution is 2.26. The van der Waals surface area contributed by atoms with Gasteiger partial charge in [-0.3, -0.25) is 0 Å². The van der Waals surface area contributed by atoms with Gasteiger partial charge in [0, 0.05) is 24.1 Å². The number of nitrogens with two attached hydrogens (primary N) is 1. The van der Waals surface area contributed by atoms with Crippen molar-refractivity contribution in [2.45, 2.75) is 25.7 Å². The Hall–Kier alpha value is -1.38. The van der Waals surface area contributed by atoms with Crippen LogP contribution >= 0.6 is 0 Å². The second kappa shape index (κ2) is 6.17. The minimum Gasteiger partial charge on any atom is -0.402 e. The molecule has 84 valence electrons. The van der Waals surface area contributed by atoms with E-state index in [1.54, 1.807) is 12.2 Å². The molecular formula is C12H17F2N. The molecule has 0 saturated carbocycles. The molecule has 0 aromatic carbocycles. The molecule has 0 aromatic rings. The van der Waals surface area contributed by atoms with Crippen LogP contribution in [-0.2, 0) is 0 Å². The molecule has 0 saturated heterocycles. The third-order valence-electron chi connectivity index (χ3n) is 1.90. The van der Waals surface area contributed by atoms with E-state index in [1.807, 2.05) is 0 Å². The Kier molecular flexibility index (Phi) is 5.60. The summed E-state index contributed by atoms with van der Waals surface area (Å²) in [6.07, 6.45) is 6.26. The van der Waals surface area contributed by atoms with Crippen molar-refractivity contribution < 1.29 is 8.78 Å². The summed E-state index contributed by atoms with van der Waals surface area (Å²) < 4.78 is 26.0. The molecule has 0 radical (unpaired) electrons. The van der Waals surface area contributed by atoms with Gasteiger partial charge in [0.25, 0.3) is 5.92 Å². The number of hydrogen-bond donors (Lipinski definition) is 1. The zero-order valence-electron chi connectivity index (χ0n) is 8.97. The Morgan fingerprint density at radius 2 is 2.07 bits per heavy atom. The van der Waals surface area contributed by atoms with Gasteiger partial charge in [0.1, 0.15) is 0 Å². The van der Waals surface area contributed by atoms with Crippen LogP contribution in [0, 0.1) is 0 Å². The molecule has 0 fully saturated rings. The molecule has 0 aliphatic carbocycles. The smallest absolute Gasteiger partial charge is 0.272 e. The van der Waals surface area contributed by atoms with Crippen molar-refractivity contribution in [2.75, 3.05) is 0 Å². The van der Waals surface area contributed by atoms with Gasteiger partial charge < -0.3 is 5.73 Å². The van der Waals surface area contributed by atoms with E-state index in [9.17, 15) is 8.78 Å². The minimum absolute atomic E-state index is 0.201. The molecule has 0 bridgehead atoms. The third kappa shape index (κ3) is 5.15. The lowest BCUT2D eigenvalue weighted by atomic mass is 10.1. The van der Waals surface area contributed by atoms with Crippen LogP contribution in [0.4, 0.5) is 8.78 Å². The van der Waals surface area contributed by atoms with Crippen LogP contribution in [0.3, 0.4) is 0 Å². The van der Waals surface area contributed by atoms with Crippen LogP contribution in [0.15, 0.2) is 48.7 Å². The molecule has 15 heavy (non-hydrogen) atoms. The second-order valence-electron chi connectivity index (χ2n) is 3.18. The maximum atomic E-state index is 13.0. The Labute approximate surface area is 89.7 Å². The van der Waals surface area contributed by atoms with E-state index in [4.69, 9.17) is 5.73 Å². The summed E-state index contributed by atoms with van der Waals surface area (Å²) in [5.74, 6) is -2.84. The number of rotatable bonds is 6. The Morgan fingerprint density at radius 3 is 2.53 bits per heavy atom. The molecule has 0 atom stereocenters. The fourth-order valence-electron chi connectivity index (χ4n) is 0.872. The molecule has 0 spiro atoms. The van der Waals surface area contributed by atoms with Gasteiger partial charge in [0.15, 0.2) is 0 Å². The molecule has 0 heterocycles. The van der Waals surface area contributed by atoms with Gasteiger partial charge in [-0.05, 0) is 6.08 Å². The van der Waals surface area contributed by atoms with Crippen molar-refractivity contribution in [2.24, 2.45) is 5.73 Å². The van der Waals surface area contributed by atoms with Crippen molar-refractivity contribution >= 4 is 0 Å². The average Bonchev–Trinajstić information content (AvgIpc) is 2.18. The molecular weight excluding hydrogens is 196 g/mol. The van der Waals surface area contributed by atoms with Crippen molar-refractivity contribution in [3.05, 3.63) is 48.7 Å². The average molecular weight is 213 g/mol. The highest BCUT2D eigenvalue weighted by Gasteiger charge is 2.27. The Balaban J connectivity index is 4.36. The lowest BCUT2D eigenvalue weighted by molar-refractivity contribution is 0.0420. The number of hydrogen-bond acceptors (Lipinski definition) is 1. The van der Waals surface area contributed by atoms with Gasteiger partial charge in [-0.15, -0.1) is 6.58 Å². The first-order chi connectivity index (χ1) is 6.94. The van der Waals surface area contributed by atoms with Gasteiger partial charge in [-0.2, -0.15) is 0 Å². The minimum atomic E-state index is -2.84.